The third-order valence-corrected chi connectivity index (χ3v) is 5.14. The highest BCUT2D eigenvalue weighted by atomic mass is 35.5. The van der Waals surface area contributed by atoms with E-state index in [9.17, 15) is 5.26 Å². The summed E-state index contributed by atoms with van der Waals surface area (Å²) < 4.78 is 1.70. The second kappa shape index (κ2) is 6.22. The Kier molecular flexibility index (Phi) is 4.03. The molecule has 1 aromatic heterocycles. The van der Waals surface area contributed by atoms with Gasteiger partial charge in [0.2, 0.25) is 0 Å². The Bertz CT molecular complexity index is 987. The lowest BCUT2D eigenvalue weighted by atomic mass is 10.0. The van der Waals surface area contributed by atoms with Crippen LogP contribution in [0.5, 0.6) is 0 Å². The van der Waals surface area contributed by atoms with Crippen LogP contribution in [0.15, 0.2) is 42.6 Å². The highest BCUT2D eigenvalue weighted by Gasteiger charge is 2.25. The topological polar surface area (TPSA) is 41.6 Å². The summed E-state index contributed by atoms with van der Waals surface area (Å²) in [5.74, 6) is 0.592. The number of halogens is 2. The number of rotatable bonds is 3. The van der Waals surface area contributed by atoms with E-state index in [-0.39, 0.29) is 0 Å². The molecule has 1 heterocycles. The first-order valence-corrected chi connectivity index (χ1v) is 8.88. The van der Waals surface area contributed by atoms with Crippen LogP contribution in [0, 0.1) is 18.3 Å². The zero-order valence-corrected chi connectivity index (χ0v) is 15.1. The van der Waals surface area contributed by atoms with Gasteiger partial charge in [-0.3, -0.25) is 0 Å². The minimum Gasteiger partial charge on any atom is -0.237 e. The summed E-state index contributed by atoms with van der Waals surface area (Å²) in [7, 11) is 0. The van der Waals surface area contributed by atoms with Crippen molar-refractivity contribution in [1.29, 1.82) is 5.26 Å². The van der Waals surface area contributed by atoms with Crippen LogP contribution in [0.1, 0.15) is 35.4 Å². The van der Waals surface area contributed by atoms with Crippen LogP contribution in [0.4, 0.5) is 0 Å². The fraction of sp³-hybridized carbons (Fsp3) is 0.200. The molecule has 0 aliphatic heterocycles. The SMILES string of the molecule is Cc1ccc(-c2ccn(-c3c(Cl)cc(C4CC4)cc3Cl)n2)cc1C#N. The number of hydrogen-bond donors (Lipinski definition) is 0. The van der Waals surface area contributed by atoms with Crippen LogP contribution in [-0.4, -0.2) is 9.78 Å². The predicted octanol–water partition coefficient (Wildman–Crippen LogP) is 5.90. The van der Waals surface area contributed by atoms with Crippen LogP contribution in [-0.2, 0) is 0 Å². The molecule has 3 nitrogen and oxygen atoms in total. The summed E-state index contributed by atoms with van der Waals surface area (Å²) in [4.78, 5) is 0. The van der Waals surface area contributed by atoms with E-state index >= 15 is 0 Å². The molecular weight excluding hydrogens is 353 g/mol. The summed E-state index contributed by atoms with van der Waals surface area (Å²) in [5, 5.41) is 15.0. The van der Waals surface area contributed by atoms with E-state index in [1.54, 1.807) is 4.68 Å². The number of aromatic nitrogens is 2. The molecule has 0 radical (unpaired) electrons. The van der Waals surface area contributed by atoms with Crippen molar-refractivity contribution in [3.05, 3.63) is 69.3 Å². The minimum absolute atomic E-state index is 0.592. The van der Waals surface area contributed by atoms with E-state index in [1.165, 1.54) is 18.4 Å². The molecule has 1 fully saturated rings. The molecule has 1 aliphatic carbocycles. The molecule has 1 aliphatic rings. The van der Waals surface area contributed by atoms with Gasteiger partial charge in [0.05, 0.1) is 27.4 Å². The van der Waals surface area contributed by atoms with Crippen LogP contribution < -0.4 is 0 Å². The molecule has 3 aromatic rings. The normalized spacial score (nSPS) is 13.7. The Morgan fingerprint density at radius 3 is 2.48 bits per heavy atom. The van der Waals surface area contributed by atoms with Gasteiger partial charge in [-0.1, -0.05) is 35.3 Å². The van der Waals surface area contributed by atoms with Crippen molar-refractivity contribution in [2.75, 3.05) is 0 Å². The van der Waals surface area contributed by atoms with Crippen molar-refractivity contribution in [2.45, 2.75) is 25.7 Å². The summed E-state index contributed by atoms with van der Waals surface area (Å²) in [6, 6.07) is 13.8. The van der Waals surface area contributed by atoms with Gasteiger partial charge >= 0.3 is 0 Å². The quantitative estimate of drug-likeness (QED) is 0.577. The molecule has 25 heavy (non-hydrogen) atoms. The standard InChI is InChI=1S/C20H15Cl2N3/c1-12-2-3-14(8-16(12)11-23)19-6-7-25(24-19)20-17(21)9-15(10-18(20)22)13-4-5-13/h2-3,6-10,13H,4-5H2,1H3. The lowest BCUT2D eigenvalue weighted by Crippen LogP contribution is -1.98. The Balaban J connectivity index is 1.74. The van der Waals surface area contributed by atoms with Crippen LogP contribution in [0.2, 0.25) is 10.0 Å². The maximum absolute atomic E-state index is 9.21. The highest BCUT2D eigenvalue weighted by molar-refractivity contribution is 6.37. The van der Waals surface area contributed by atoms with Crippen molar-refractivity contribution in [3.63, 3.8) is 0 Å². The van der Waals surface area contributed by atoms with Crippen molar-refractivity contribution in [2.24, 2.45) is 0 Å². The first-order valence-electron chi connectivity index (χ1n) is 8.13. The Morgan fingerprint density at radius 1 is 1.12 bits per heavy atom. The molecule has 1 saturated carbocycles. The van der Waals surface area contributed by atoms with Crippen LogP contribution >= 0.6 is 23.2 Å². The van der Waals surface area contributed by atoms with E-state index < -0.39 is 0 Å². The van der Waals surface area contributed by atoms with E-state index in [0.29, 0.717) is 27.2 Å². The third-order valence-electron chi connectivity index (χ3n) is 4.56. The number of aryl methyl sites for hydroxylation is 1. The summed E-state index contributed by atoms with van der Waals surface area (Å²) in [5.41, 5.74) is 5.15. The number of nitrogens with zero attached hydrogens (tertiary/aromatic N) is 3. The number of benzene rings is 2. The van der Waals surface area contributed by atoms with Gasteiger partial charge < -0.3 is 0 Å². The van der Waals surface area contributed by atoms with E-state index in [4.69, 9.17) is 23.2 Å². The van der Waals surface area contributed by atoms with Gasteiger partial charge in [0.25, 0.3) is 0 Å². The van der Waals surface area contributed by atoms with E-state index in [0.717, 1.165) is 16.8 Å². The van der Waals surface area contributed by atoms with Crippen LogP contribution in [0.3, 0.4) is 0 Å². The van der Waals surface area contributed by atoms with Crippen molar-refractivity contribution in [3.8, 4) is 23.0 Å². The highest BCUT2D eigenvalue weighted by Crippen LogP contribution is 2.43. The lowest BCUT2D eigenvalue weighted by Gasteiger charge is -2.10. The monoisotopic (exact) mass is 367 g/mol. The molecule has 0 spiro atoms. The second-order valence-corrected chi connectivity index (χ2v) is 7.21. The van der Waals surface area contributed by atoms with Crippen LogP contribution in [0.25, 0.3) is 16.9 Å². The average molecular weight is 368 g/mol. The molecule has 2 aromatic carbocycles. The molecule has 0 unspecified atom stereocenters. The van der Waals surface area contributed by atoms with Gasteiger partial charge in [-0.25, -0.2) is 4.68 Å². The zero-order chi connectivity index (χ0) is 17.6. The number of nitriles is 1. The fourth-order valence-electron chi connectivity index (χ4n) is 2.96. The molecule has 0 atom stereocenters. The third kappa shape index (κ3) is 3.04. The van der Waals surface area contributed by atoms with Gasteiger partial charge in [0.1, 0.15) is 5.69 Å². The zero-order valence-electron chi connectivity index (χ0n) is 13.6. The van der Waals surface area contributed by atoms with Crippen molar-refractivity contribution >= 4 is 23.2 Å². The maximum Gasteiger partial charge on any atom is 0.102 e. The van der Waals surface area contributed by atoms with Gasteiger partial charge in [-0.2, -0.15) is 10.4 Å². The molecular formula is C20H15Cl2N3. The molecule has 4 rings (SSSR count). The molecule has 124 valence electrons. The second-order valence-electron chi connectivity index (χ2n) is 6.39. The van der Waals surface area contributed by atoms with Crippen molar-refractivity contribution in [1.82, 2.24) is 9.78 Å². The maximum atomic E-state index is 9.21. The average Bonchev–Trinajstić information content (AvgIpc) is 3.34. The summed E-state index contributed by atoms with van der Waals surface area (Å²) >= 11 is 13.0. The molecule has 0 bridgehead atoms. The molecule has 0 amide bonds. The largest absolute Gasteiger partial charge is 0.237 e. The van der Waals surface area contributed by atoms with Gasteiger partial charge in [0, 0.05) is 11.8 Å². The van der Waals surface area contributed by atoms with E-state index in [1.807, 2.05) is 49.5 Å². The summed E-state index contributed by atoms with van der Waals surface area (Å²) in [6.45, 7) is 1.92. The molecule has 0 N–H and O–H groups in total. The fourth-order valence-corrected chi connectivity index (χ4v) is 3.64. The first-order chi connectivity index (χ1) is 12.1. The Morgan fingerprint density at radius 2 is 1.84 bits per heavy atom. The van der Waals surface area contributed by atoms with Gasteiger partial charge in [0.15, 0.2) is 0 Å². The lowest BCUT2D eigenvalue weighted by molar-refractivity contribution is 0.883. The van der Waals surface area contributed by atoms with Gasteiger partial charge in [-0.15, -0.1) is 0 Å². The Labute approximate surface area is 156 Å². The van der Waals surface area contributed by atoms with E-state index in [2.05, 4.69) is 11.2 Å². The molecule has 5 heteroatoms. The number of hydrogen-bond acceptors (Lipinski definition) is 2. The minimum atomic E-state index is 0.592. The molecule has 0 saturated heterocycles. The predicted molar refractivity (Wildman–Crippen MR) is 100 cm³/mol. The smallest absolute Gasteiger partial charge is 0.102 e. The first kappa shape index (κ1) is 16.2. The van der Waals surface area contributed by atoms with Gasteiger partial charge in [-0.05, 0) is 61.1 Å². The van der Waals surface area contributed by atoms with Crippen molar-refractivity contribution < 1.29 is 0 Å². The Hall–Kier alpha value is -2.28. The summed E-state index contributed by atoms with van der Waals surface area (Å²) in [6.07, 6.45) is 4.24.